The minimum absolute atomic E-state index is 0.108. The van der Waals surface area contributed by atoms with Crippen molar-refractivity contribution in [3.63, 3.8) is 0 Å². The molecule has 1 aliphatic rings. The Labute approximate surface area is 222 Å². The molecule has 0 spiro atoms. The first kappa shape index (κ1) is 25.4. The Morgan fingerprint density at radius 3 is 2.54 bits per heavy atom. The number of aryl methyl sites for hydroxylation is 1. The normalized spacial score (nSPS) is 15.9. The van der Waals surface area contributed by atoms with Crippen LogP contribution in [0.15, 0.2) is 53.3 Å². The van der Waals surface area contributed by atoms with Crippen LogP contribution in [-0.4, -0.2) is 56.3 Å². The molecule has 1 atom stereocenters. The summed E-state index contributed by atoms with van der Waals surface area (Å²) in [4.78, 5) is 21.3. The second-order valence-corrected chi connectivity index (χ2v) is 10.8. The van der Waals surface area contributed by atoms with Crippen LogP contribution < -0.4 is 10.5 Å². The Morgan fingerprint density at radius 2 is 1.84 bits per heavy atom. The smallest absolute Gasteiger partial charge is 0.253 e. The van der Waals surface area contributed by atoms with Crippen molar-refractivity contribution in [2.45, 2.75) is 52.1 Å². The number of halogens is 1. The molecule has 0 saturated carbocycles. The Kier molecular flexibility index (Phi) is 7.05. The molecule has 5 rings (SSSR count). The third-order valence-corrected chi connectivity index (χ3v) is 7.90. The molecule has 194 valence electrons. The molecule has 0 amide bonds. The van der Waals surface area contributed by atoms with E-state index in [2.05, 4.69) is 76.2 Å². The van der Waals surface area contributed by atoms with Gasteiger partial charge in [-0.05, 0) is 84.5 Å². The fraction of sp³-hybridized carbons (Fsp3) is 0.429. The van der Waals surface area contributed by atoms with Crippen molar-refractivity contribution in [3.05, 3.63) is 80.9 Å². The van der Waals surface area contributed by atoms with Gasteiger partial charge < -0.3 is 9.88 Å². The summed E-state index contributed by atoms with van der Waals surface area (Å²) in [5.41, 5.74) is 3.44. The predicted molar refractivity (Wildman–Crippen MR) is 148 cm³/mol. The van der Waals surface area contributed by atoms with Gasteiger partial charge in [-0.1, -0.05) is 37.6 Å². The number of nitrogens with zero attached hydrogens (tertiary/aromatic N) is 6. The van der Waals surface area contributed by atoms with E-state index in [9.17, 15) is 4.79 Å². The molecule has 3 heterocycles. The lowest BCUT2D eigenvalue weighted by Gasteiger charge is -2.40. The van der Waals surface area contributed by atoms with E-state index in [0.717, 1.165) is 60.6 Å². The fourth-order valence-corrected chi connectivity index (χ4v) is 5.24. The van der Waals surface area contributed by atoms with Crippen LogP contribution in [0.4, 0.5) is 5.69 Å². The van der Waals surface area contributed by atoms with Crippen molar-refractivity contribution in [1.82, 2.24) is 30.1 Å². The summed E-state index contributed by atoms with van der Waals surface area (Å²) in [6.45, 7) is 11.6. The summed E-state index contributed by atoms with van der Waals surface area (Å²) in [6.07, 6.45) is 1.79. The number of aromatic amines is 1. The van der Waals surface area contributed by atoms with Crippen molar-refractivity contribution in [1.29, 1.82) is 0 Å². The van der Waals surface area contributed by atoms with Gasteiger partial charge in [0.15, 0.2) is 5.82 Å². The summed E-state index contributed by atoms with van der Waals surface area (Å²) in [6, 6.07) is 15.8. The molecule has 4 aromatic rings. The number of nitrogens with one attached hydrogen (secondary N) is 1. The van der Waals surface area contributed by atoms with E-state index in [-0.39, 0.29) is 17.1 Å². The number of anilines is 1. The molecule has 0 bridgehead atoms. The number of hydrogen-bond acceptors (Lipinski definition) is 6. The zero-order valence-electron chi connectivity index (χ0n) is 21.9. The molecule has 1 fully saturated rings. The molecule has 1 aliphatic heterocycles. The summed E-state index contributed by atoms with van der Waals surface area (Å²) < 4.78 is 1.90. The van der Waals surface area contributed by atoms with E-state index < -0.39 is 0 Å². The lowest BCUT2D eigenvalue weighted by atomic mass is 9.98. The van der Waals surface area contributed by atoms with E-state index in [1.165, 1.54) is 5.56 Å². The lowest BCUT2D eigenvalue weighted by molar-refractivity contribution is 0.186. The molecule has 9 heteroatoms. The fourth-order valence-electron chi connectivity index (χ4n) is 5.05. The van der Waals surface area contributed by atoms with Gasteiger partial charge in [-0.2, -0.15) is 0 Å². The first-order chi connectivity index (χ1) is 17.8. The first-order valence-corrected chi connectivity index (χ1v) is 13.4. The molecule has 2 aromatic carbocycles. The number of pyridine rings is 1. The minimum atomic E-state index is -0.374. The van der Waals surface area contributed by atoms with Crippen molar-refractivity contribution in [2.24, 2.45) is 0 Å². The number of piperazine rings is 1. The molecule has 0 aliphatic carbocycles. The van der Waals surface area contributed by atoms with Crippen molar-refractivity contribution >= 4 is 28.2 Å². The van der Waals surface area contributed by atoms with E-state index in [1.54, 1.807) is 0 Å². The molecular formula is C28H34ClN7O. The van der Waals surface area contributed by atoms with Crippen molar-refractivity contribution < 1.29 is 0 Å². The van der Waals surface area contributed by atoms with Crippen LogP contribution in [-0.2, 0) is 12.0 Å². The lowest BCUT2D eigenvalue weighted by Crippen LogP contribution is -2.49. The number of rotatable bonds is 7. The number of hydrogen-bond donors (Lipinski definition) is 1. The van der Waals surface area contributed by atoms with Crippen LogP contribution in [0.2, 0.25) is 5.02 Å². The van der Waals surface area contributed by atoms with Crippen LogP contribution in [0, 0.1) is 0 Å². The number of aromatic nitrogens is 5. The highest BCUT2D eigenvalue weighted by atomic mass is 35.5. The number of tetrazole rings is 1. The van der Waals surface area contributed by atoms with Crippen LogP contribution >= 0.6 is 11.6 Å². The molecule has 2 aromatic heterocycles. The highest BCUT2D eigenvalue weighted by Crippen LogP contribution is 2.32. The standard InChI is InChI=1S/C28H34ClN7O/c1-5-19-10-11-24-20(16-19)17-23(27(37)30-24)25(26-31-32-33-36(26)28(3,4)6-2)35-14-12-34(13-15-35)22-9-7-8-21(29)18-22/h7-11,16-18,25H,5-6,12-15H2,1-4H3,(H,30,37)/t25-/m1/s1. The molecule has 1 saturated heterocycles. The average molecular weight is 520 g/mol. The van der Waals surface area contributed by atoms with Gasteiger partial charge in [-0.25, -0.2) is 4.68 Å². The summed E-state index contributed by atoms with van der Waals surface area (Å²) >= 11 is 6.25. The van der Waals surface area contributed by atoms with Gasteiger partial charge in [0.05, 0.1) is 5.54 Å². The zero-order valence-corrected chi connectivity index (χ0v) is 22.7. The largest absolute Gasteiger partial charge is 0.369 e. The number of H-pyrrole nitrogens is 1. The SMILES string of the molecule is CCc1ccc2[nH]c(=O)c([C@H](c3nnnn3C(C)(C)CC)N3CCN(c4cccc(Cl)c4)CC3)cc2c1. The second kappa shape index (κ2) is 10.3. The van der Waals surface area contributed by atoms with Gasteiger partial charge >= 0.3 is 0 Å². The predicted octanol–water partition coefficient (Wildman–Crippen LogP) is 4.79. The molecular weight excluding hydrogens is 486 g/mol. The van der Waals surface area contributed by atoms with Crippen LogP contribution in [0.3, 0.4) is 0 Å². The van der Waals surface area contributed by atoms with Gasteiger partial charge in [0, 0.05) is 48.0 Å². The molecule has 0 radical (unpaired) electrons. The van der Waals surface area contributed by atoms with Gasteiger partial charge in [-0.15, -0.1) is 5.10 Å². The quantitative estimate of drug-likeness (QED) is 0.378. The van der Waals surface area contributed by atoms with Gasteiger partial charge in [0.2, 0.25) is 0 Å². The zero-order chi connectivity index (χ0) is 26.2. The summed E-state index contributed by atoms with van der Waals surface area (Å²) in [7, 11) is 0. The molecule has 8 nitrogen and oxygen atoms in total. The van der Waals surface area contributed by atoms with Gasteiger partial charge in [-0.3, -0.25) is 9.69 Å². The van der Waals surface area contributed by atoms with E-state index in [0.29, 0.717) is 11.4 Å². The Balaban J connectivity index is 1.57. The highest BCUT2D eigenvalue weighted by molar-refractivity contribution is 6.30. The molecule has 1 N–H and O–H groups in total. The monoisotopic (exact) mass is 519 g/mol. The second-order valence-electron chi connectivity index (χ2n) is 10.3. The van der Waals surface area contributed by atoms with E-state index in [4.69, 9.17) is 11.6 Å². The van der Waals surface area contributed by atoms with Crippen LogP contribution in [0.5, 0.6) is 0 Å². The topological polar surface area (TPSA) is 82.9 Å². The van der Waals surface area contributed by atoms with Crippen molar-refractivity contribution in [2.75, 3.05) is 31.1 Å². The maximum atomic E-state index is 13.5. The maximum Gasteiger partial charge on any atom is 0.253 e. The Hall–Kier alpha value is -3.23. The van der Waals surface area contributed by atoms with Crippen LogP contribution in [0.25, 0.3) is 10.9 Å². The average Bonchev–Trinajstić information content (AvgIpc) is 3.40. The maximum absolute atomic E-state index is 13.5. The Morgan fingerprint density at radius 1 is 1.05 bits per heavy atom. The summed E-state index contributed by atoms with van der Waals surface area (Å²) in [5, 5.41) is 14.7. The molecule has 0 unspecified atom stereocenters. The minimum Gasteiger partial charge on any atom is -0.369 e. The molecule has 37 heavy (non-hydrogen) atoms. The Bertz CT molecular complexity index is 1450. The summed E-state index contributed by atoms with van der Waals surface area (Å²) in [5.74, 6) is 0.694. The number of fused-ring (bicyclic) bond motifs is 1. The highest BCUT2D eigenvalue weighted by Gasteiger charge is 2.35. The third kappa shape index (κ3) is 5.00. The third-order valence-electron chi connectivity index (χ3n) is 7.67. The van der Waals surface area contributed by atoms with E-state index in [1.807, 2.05) is 35.0 Å². The van der Waals surface area contributed by atoms with Crippen LogP contribution in [0.1, 0.15) is 57.1 Å². The van der Waals surface area contributed by atoms with Gasteiger partial charge in [0.25, 0.3) is 5.56 Å². The number of benzene rings is 2. The first-order valence-electron chi connectivity index (χ1n) is 13.0. The van der Waals surface area contributed by atoms with Gasteiger partial charge in [0.1, 0.15) is 6.04 Å². The van der Waals surface area contributed by atoms with Crippen molar-refractivity contribution in [3.8, 4) is 0 Å². The van der Waals surface area contributed by atoms with E-state index >= 15 is 0 Å².